The van der Waals surface area contributed by atoms with Crippen molar-refractivity contribution in [3.63, 3.8) is 0 Å². The Labute approximate surface area is 117 Å². The van der Waals surface area contributed by atoms with Crippen molar-refractivity contribution in [1.29, 1.82) is 0 Å². The average Bonchev–Trinajstić information content (AvgIpc) is 2.84. The predicted octanol–water partition coefficient (Wildman–Crippen LogP) is 3.86. The Morgan fingerprint density at radius 2 is 1.84 bits per heavy atom. The molecule has 0 aromatic heterocycles. The lowest BCUT2D eigenvalue weighted by atomic mass is 9.77. The largest absolute Gasteiger partial charge is 0.490 e. The first-order valence-electron chi connectivity index (χ1n) is 7.47. The summed E-state index contributed by atoms with van der Waals surface area (Å²) in [6.45, 7) is 9.22. The molecule has 1 aliphatic carbocycles. The van der Waals surface area contributed by atoms with Crippen LogP contribution in [0, 0.1) is 13.8 Å². The third-order valence-corrected chi connectivity index (χ3v) is 4.55. The van der Waals surface area contributed by atoms with Crippen LogP contribution in [0.3, 0.4) is 0 Å². The van der Waals surface area contributed by atoms with Crippen LogP contribution in [-0.4, -0.2) is 12.6 Å². The van der Waals surface area contributed by atoms with Gasteiger partial charge in [0.15, 0.2) is 0 Å². The van der Waals surface area contributed by atoms with Crippen molar-refractivity contribution < 1.29 is 4.74 Å². The number of hydrogen-bond acceptors (Lipinski definition) is 2. The number of aryl methyl sites for hydroxylation is 1. The molecule has 1 saturated carbocycles. The molecule has 2 N–H and O–H groups in total. The van der Waals surface area contributed by atoms with Crippen LogP contribution in [0.5, 0.6) is 5.75 Å². The molecular formula is C17H27NO. The fourth-order valence-corrected chi connectivity index (χ4v) is 3.23. The SMILES string of the molecule is Cc1ccc(C2(CN)CCCC2)c(OC(C)C)c1C. The highest BCUT2D eigenvalue weighted by Crippen LogP contribution is 2.45. The summed E-state index contributed by atoms with van der Waals surface area (Å²) in [5, 5.41) is 0. The molecule has 0 bridgehead atoms. The second kappa shape index (κ2) is 5.54. The molecule has 0 unspecified atom stereocenters. The Hall–Kier alpha value is -1.02. The van der Waals surface area contributed by atoms with Crippen molar-refractivity contribution in [2.45, 2.75) is 64.9 Å². The molecule has 0 heterocycles. The molecule has 1 aliphatic rings. The number of ether oxygens (including phenoxy) is 1. The van der Waals surface area contributed by atoms with Crippen molar-refractivity contribution in [3.8, 4) is 5.75 Å². The van der Waals surface area contributed by atoms with E-state index in [1.807, 2.05) is 0 Å². The summed E-state index contributed by atoms with van der Waals surface area (Å²) in [5.41, 5.74) is 10.2. The summed E-state index contributed by atoms with van der Waals surface area (Å²) in [4.78, 5) is 0. The van der Waals surface area contributed by atoms with E-state index >= 15 is 0 Å². The second-order valence-corrected chi connectivity index (χ2v) is 6.24. The topological polar surface area (TPSA) is 35.2 Å². The third kappa shape index (κ3) is 2.64. The van der Waals surface area contributed by atoms with Crippen LogP contribution in [0.4, 0.5) is 0 Å². The van der Waals surface area contributed by atoms with Crippen LogP contribution in [0.25, 0.3) is 0 Å². The van der Waals surface area contributed by atoms with E-state index in [0.29, 0.717) is 0 Å². The smallest absolute Gasteiger partial charge is 0.126 e. The van der Waals surface area contributed by atoms with Gasteiger partial charge in [0.25, 0.3) is 0 Å². The molecule has 2 heteroatoms. The summed E-state index contributed by atoms with van der Waals surface area (Å²) < 4.78 is 6.14. The molecule has 0 atom stereocenters. The van der Waals surface area contributed by atoms with Gasteiger partial charge in [0, 0.05) is 17.5 Å². The highest BCUT2D eigenvalue weighted by molar-refractivity contribution is 5.49. The Kier molecular flexibility index (Phi) is 4.19. The molecule has 0 radical (unpaired) electrons. The fourth-order valence-electron chi connectivity index (χ4n) is 3.23. The molecule has 0 amide bonds. The second-order valence-electron chi connectivity index (χ2n) is 6.24. The lowest BCUT2D eigenvalue weighted by Crippen LogP contribution is -2.33. The van der Waals surface area contributed by atoms with Gasteiger partial charge in [0.1, 0.15) is 5.75 Å². The summed E-state index contributed by atoms with van der Waals surface area (Å²) in [6.07, 6.45) is 5.16. The number of nitrogens with two attached hydrogens (primary N) is 1. The van der Waals surface area contributed by atoms with Gasteiger partial charge in [-0.05, 0) is 51.7 Å². The lowest BCUT2D eigenvalue weighted by molar-refractivity contribution is 0.232. The third-order valence-electron chi connectivity index (χ3n) is 4.55. The molecular weight excluding hydrogens is 234 g/mol. The Morgan fingerprint density at radius 3 is 2.37 bits per heavy atom. The first kappa shape index (κ1) is 14.4. The maximum Gasteiger partial charge on any atom is 0.126 e. The molecule has 1 aromatic carbocycles. The van der Waals surface area contributed by atoms with Crippen LogP contribution in [0.2, 0.25) is 0 Å². The van der Waals surface area contributed by atoms with Crippen molar-refractivity contribution >= 4 is 0 Å². The van der Waals surface area contributed by atoms with Crippen LogP contribution >= 0.6 is 0 Å². The van der Waals surface area contributed by atoms with Crippen molar-refractivity contribution in [3.05, 3.63) is 28.8 Å². The molecule has 1 fully saturated rings. The van der Waals surface area contributed by atoms with E-state index < -0.39 is 0 Å². The summed E-state index contributed by atoms with van der Waals surface area (Å²) >= 11 is 0. The maximum absolute atomic E-state index is 6.14. The first-order chi connectivity index (χ1) is 9.00. The van der Waals surface area contributed by atoms with E-state index in [0.717, 1.165) is 12.3 Å². The monoisotopic (exact) mass is 261 g/mol. The van der Waals surface area contributed by atoms with Gasteiger partial charge in [-0.3, -0.25) is 0 Å². The summed E-state index contributed by atoms with van der Waals surface area (Å²) in [6, 6.07) is 4.46. The summed E-state index contributed by atoms with van der Waals surface area (Å²) in [5.74, 6) is 1.09. The van der Waals surface area contributed by atoms with Gasteiger partial charge in [-0.15, -0.1) is 0 Å². The quantitative estimate of drug-likeness (QED) is 0.893. The van der Waals surface area contributed by atoms with Crippen LogP contribution < -0.4 is 10.5 Å². The molecule has 1 aromatic rings. The van der Waals surface area contributed by atoms with E-state index in [9.17, 15) is 0 Å². The molecule has 2 rings (SSSR count). The van der Waals surface area contributed by atoms with E-state index in [4.69, 9.17) is 10.5 Å². The van der Waals surface area contributed by atoms with Crippen molar-refractivity contribution in [1.82, 2.24) is 0 Å². The van der Waals surface area contributed by atoms with E-state index in [-0.39, 0.29) is 11.5 Å². The Bertz CT molecular complexity index is 445. The minimum atomic E-state index is 0.142. The number of benzene rings is 1. The van der Waals surface area contributed by atoms with Gasteiger partial charge in [-0.2, -0.15) is 0 Å². The predicted molar refractivity (Wildman–Crippen MR) is 80.9 cm³/mol. The molecule has 0 spiro atoms. The highest BCUT2D eigenvalue weighted by atomic mass is 16.5. The van der Waals surface area contributed by atoms with Gasteiger partial charge in [0.2, 0.25) is 0 Å². The maximum atomic E-state index is 6.14. The molecule has 2 nitrogen and oxygen atoms in total. The Balaban J connectivity index is 2.52. The Morgan fingerprint density at radius 1 is 1.21 bits per heavy atom. The van der Waals surface area contributed by atoms with E-state index in [1.165, 1.54) is 42.4 Å². The standard InChI is InChI=1S/C17H27NO/c1-12(2)19-16-14(4)13(3)7-8-15(16)17(11-18)9-5-6-10-17/h7-8,12H,5-6,9-11,18H2,1-4H3. The van der Waals surface area contributed by atoms with E-state index in [1.54, 1.807) is 0 Å². The minimum Gasteiger partial charge on any atom is -0.490 e. The van der Waals surface area contributed by atoms with Crippen molar-refractivity contribution in [2.75, 3.05) is 6.54 Å². The highest BCUT2D eigenvalue weighted by Gasteiger charge is 2.37. The number of hydrogen-bond donors (Lipinski definition) is 1. The van der Waals surface area contributed by atoms with Gasteiger partial charge < -0.3 is 10.5 Å². The van der Waals surface area contributed by atoms with Crippen LogP contribution in [-0.2, 0) is 5.41 Å². The summed E-state index contributed by atoms with van der Waals surface area (Å²) in [7, 11) is 0. The average molecular weight is 261 g/mol. The molecule has 19 heavy (non-hydrogen) atoms. The van der Waals surface area contributed by atoms with Crippen LogP contribution in [0.1, 0.15) is 56.2 Å². The molecule has 106 valence electrons. The van der Waals surface area contributed by atoms with Gasteiger partial charge in [-0.1, -0.05) is 25.0 Å². The van der Waals surface area contributed by atoms with Gasteiger partial charge in [0.05, 0.1) is 6.10 Å². The lowest BCUT2D eigenvalue weighted by Gasteiger charge is -2.31. The number of rotatable bonds is 4. The van der Waals surface area contributed by atoms with E-state index in [2.05, 4.69) is 39.8 Å². The van der Waals surface area contributed by atoms with Gasteiger partial charge >= 0.3 is 0 Å². The van der Waals surface area contributed by atoms with Crippen LogP contribution in [0.15, 0.2) is 12.1 Å². The fraction of sp³-hybridized carbons (Fsp3) is 0.647. The van der Waals surface area contributed by atoms with Crippen molar-refractivity contribution in [2.24, 2.45) is 5.73 Å². The zero-order chi connectivity index (χ0) is 14.0. The minimum absolute atomic E-state index is 0.142. The molecule has 0 aliphatic heterocycles. The zero-order valence-electron chi connectivity index (χ0n) is 12.8. The first-order valence-corrected chi connectivity index (χ1v) is 7.47. The molecule has 0 saturated heterocycles. The van der Waals surface area contributed by atoms with Gasteiger partial charge in [-0.25, -0.2) is 0 Å². The zero-order valence-corrected chi connectivity index (χ0v) is 12.8. The normalized spacial score (nSPS) is 18.0.